The Kier molecular flexibility index (Phi) is 4.42. The third-order valence-corrected chi connectivity index (χ3v) is 3.53. The van der Waals surface area contributed by atoms with Gasteiger partial charge in [0.05, 0.1) is 6.54 Å². The van der Waals surface area contributed by atoms with Gasteiger partial charge < -0.3 is 9.88 Å². The normalized spacial score (nSPS) is 12.1. The van der Waals surface area contributed by atoms with Crippen LogP contribution >= 0.6 is 11.5 Å². The summed E-state index contributed by atoms with van der Waals surface area (Å²) in [6.45, 7) is 12.4. The molecule has 2 aromatic rings. The van der Waals surface area contributed by atoms with E-state index in [1.54, 1.807) is 0 Å². The Hall–Kier alpha value is -1.43. The van der Waals surface area contributed by atoms with Crippen molar-refractivity contribution >= 4 is 16.7 Å². The first-order valence-corrected chi connectivity index (χ1v) is 7.71. The second-order valence-electron chi connectivity index (χ2n) is 6.42. The summed E-state index contributed by atoms with van der Waals surface area (Å²) >= 11 is 1.41. The van der Waals surface area contributed by atoms with Crippen LogP contribution in [0.3, 0.4) is 0 Å². The zero-order valence-electron chi connectivity index (χ0n) is 12.8. The maximum absolute atomic E-state index is 4.53. The summed E-state index contributed by atoms with van der Waals surface area (Å²) in [4.78, 5) is 8.93. The summed E-state index contributed by atoms with van der Waals surface area (Å²) in [7, 11) is 0. The van der Waals surface area contributed by atoms with E-state index in [9.17, 15) is 0 Å². The van der Waals surface area contributed by atoms with Crippen LogP contribution in [0.4, 0.5) is 5.13 Å². The van der Waals surface area contributed by atoms with E-state index in [0.717, 1.165) is 23.3 Å². The summed E-state index contributed by atoms with van der Waals surface area (Å²) in [6.07, 6.45) is 3.87. The highest BCUT2D eigenvalue weighted by atomic mass is 32.1. The van der Waals surface area contributed by atoms with Crippen LogP contribution in [-0.2, 0) is 18.5 Å². The molecule has 20 heavy (non-hydrogen) atoms. The minimum absolute atomic E-state index is 0.00740. The van der Waals surface area contributed by atoms with E-state index in [1.807, 2.05) is 12.4 Å². The molecule has 0 aliphatic rings. The van der Waals surface area contributed by atoms with Crippen molar-refractivity contribution in [2.75, 3.05) is 5.32 Å². The van der Waals surface area contributed by atoms with Crippen molar-refractivity contribution < 1.29 is 0 Å². The van der Waals surface area contributed by atoms with Gasteiger partial charge in [-0.2, -0.15) is 4.37 Å². The number of hydrogen-bond acceptors (Lipinski definition) is 5. The van der Waals surface area contributed by atoms with Crippen LogP contribution in [0.1, 0.15) is 46.3 Å². The fraction of sp³-hybridized carbons (Fsp3) is 0.643. The molecule has 2 aromatic heterocycles. The molecule has 2 rings (SSSR count). The lowest BCUT2D eigenvalue weighted by Crippen LogP contribution is -2.14. The molecule has 0 unspecified atom stereocenters. The van der Waals surface area contributed by atoms with Gasteiger partial charge in [-0.1, -0.05) is 34.6 Å². The maximum Gasteiger partial charge on any atom is 0.202 e. The number of anilines is 1. The van der Waals surface area contributed by atoms with E-state index < -0.39 is 0 Å². The number of imidazole rings is 1. The van der Waals surface area contributed by atoms with E-state index in [1.165, 1.54) is 11.5 Å². The quantitative estimate of drug-likeness (QED) is 0.919. The number of hydrogen-bond donors (Lipinski definition) is 1. The molecule has 0 aliphatic heterocycles. The molecule has 0 saturated carbocycles. The Morgan fingerprint density at radius 2 is 2.10 bits per heavy atom. The van der Waals surface area contributed by atoms with Crippen LogP contribution < -0.4 is 5.32 Å². The number of rotatable bonds is 5. The van der Waals surface area contributed by atoms with Gasteiger partial charge in [-0.05, 0) is 5.92 Å². The summed E-state index contributed by atoms with van der Waals surface area (Å²) in [5.74, 6) is 2.53. The van der Waals surface area contributed by atoms with Crippen molar-refractivity contribution in [2.24, 2.45) is 5.92 Å². The molecule has 5 nitrogen and oxygen atoms in total. The smallest absolute Gasteiger partial charge is 0.202 e. The number of nitrogens with one attached hydrogen (secondary N) is 1. The molecule has 0 aromatic carbocycles. The van der Waals surface area contributed by atoms with Crippen LogP contribution in [0, 0.1) is 5.92 Å². The lowest BCUT2D eigenvalue weighted by Gasteiger charge is -2.12. The molecule has 110 valence electrons. The van der Waals surface area contributed by atoms with Crippen LogP contribution in [-0.4, -0.2) is 18.9 Å². The molecule has 6 heteroatoms. The highest BCUT2D eigenvalue weighted by Gasteiger charge is 2.19. The van der Waals surface area contributed by atoms with Crippen molar-refractivity contribution in [1.82, 2.24) is 18.9 Å². The molecule has 0 radical (unpaired) electrons. The molecular weight excluding hydrogens is 270 g/mol. The monoisotopic (exact) mass is 293 g/mol. The Bertz CT molecular complexity index is 550. The lowest BCUT2D eigenvalue weighted by atomic mass is 9.96. The molecule has 0 bridgehead atoms. The molecule has 0 aliphatic carbocycles. The third-order valence-electron chi connectivity index (χ3n) is 2.86. The minimum atomic E-state index is -0.00740. The Labute approximate surface area is 124 Å². The van der Waals surface area contributed by atoms with Gasteiger partial charge in [0.1, 0.15) is 11.6 Å². The highest BCUT2D eigenvalue weighted by Crippen LogP contribution is 2.23. The van der Waals surface area contributed by atoms with Gasteiger partial charge >= 0.3 is 0 Å². The van der Waals surface area contributed by atoms with E-state index in [4.69, 9.17) is 0 Å². The molecule has 0 fully saturated rings. The van der Waals surface area contributed by atoms with E-state index in [-0.39, 0.29) is 5.41 Å². The summed E-state index contributed by atoms with van der Waals surface area (Å²) in [6, 6.07) is 0. The minimum Gasteiger partial charge on any atom is -0.353 e. The molecule has 0 saturated heterocycles. The standard InChI is InChI=1S/C14H23N5S/c1-10(2)9-19-7-6-15-11(19)8-16-13-17-12(18-20-13)14(3,4)5/h6-7,10H,8-9H2,1-5H3,(H,16,17,18). The number of nitrogens with zero attached hydrogens (tertiary/aromatic N) is 4. The van der Waals surface area contributed by atoms with Crippen LogP contribution in [0.2, 0.25) is 0 Å². The topological polar surface area (TPSA) is 55.6 Å². The summed E-state index contributed by atoms with van der Waals surface area (Å²) in [5.41, 5.74) is -0.00740. The highest BCUT2D eigenvalue weighted by molar-refractivity contribution is 7.09. The van der Waals surface area contributed by atoms with Gasteiger partial charge in [-0.3, -0.25) is 0 Å². The first kappa shape index (κ1) is 15.0. The van der Waals surface area contributed by atoms with E-state index in [0.29, 0.717) is 12.5 Å². The van der Waals surface area contributed by atoms with Crippen molar-refractivity contribution in [3.8, 4) is 0 Å². The van der Waals surface area contributed by atoms with Gasteiger partial charge in [0.2, 0.25) is 5.13 Å². The van der Waals surface area contributed by atoms with E-state index >= 15 is 0 Å². The average molecular weight is 293 g/mol. The van der Waals surface area contributed by atoms with Crippen LogP contribution in [0.25, 0.3) is 0 Å². The van der Waals surface area contributed by atoms with Gasteiger partial charge in [-0.15, -0.1) is 0 Å². The molecular formula is C14H23N5S. The fourth-order valence-electron chi connectivity index (χ4n) is 1.82. The van der Waals surface area contributed by atoms with Gasteiger partial charge in [0.25, 0.3) is 0 Å². The average Bonchev–Trinajstić information content (AvgIpc) is 2.93. The summed E-state index contributed by atoms with van der Waals surface area (Å²) in [5, 5.41) is 4.17. The van der Waals surface area contributed by atoms with Crippen molar-refractivity contribution in [3.05, 3.63) is 24.0 Å². The lowest BCUT2D eigenvalue weighted by molar-refractivity contribution is 0.509. The Morgan fingerprint density at radius 1 is 1.35 bits per heavy atom. The molecule has 0 atom stereocenters. The second-order valence-corrected chi connectivity index (χ2v) is 7.17. The SMILES string of the molecule is CC(C)Cn1ccnc1CNc1nc(C(C)(C)C)ns1. The first-order valence-electron chi connectivity index (χ1n) is 6.94. The predicted octanol–water partition coefficient (Wildman–Crippen LogP) is 3.30. The van der Waals surface area contributed by atoms with Gasteiger partial charge in [0.15, 0.2) is 0 Å². The Morgan fingerprint density at radius 3 is 2.70 bits per heavy atom. The maximum atomic E-state index is 4.53. The van der Waals surface area contributed by atoms with Gasteiger partial charge in [0, 0.05) is 35.9 Å². The summed E-state index contributed by atoms with van der Waals surface area (Å²) < 4.78 is 6.58. The first-order chi connectivity index (χ1) is 9.36. The largest absolute Gasteiger partial charge is 0.353 e. The fourth-order valence-corrected chi connectivity index (χ4v) is 2.57. The zero-order valence-corrected chi connectivity index (χ0v) is 13.7. The van der Waals surface area contributed by atoms with Crippen molar-refractivity contribution in [3.63, 3.8) is 0 Å². The van der Waals surface area contributed by atoms with Gasteiger partial charge in [-0.25, -0.2) is 9.97 Å². The van der Waals surface area contributed by atoms with Crippen LogP contribution in [0.15, 0.2) is 12.4 Å². The number of aromatic nitrogens is 4. The van der Waals surface area contributed by atoms with Crippen molar-refractivity contribution in [2.45, 2.75) is 53.1 Å². The zero-order chi connectivity index (χ0) is 14.8. The molecule has 1 N–H and O–H groups in total. The molecule has 0 amide bonds. The van der Waals surface area contributed by atoms with E-state index in [2.05, 4.69) is 58.8 Å². The molecule has 2 heterocycles. The predicted molar refractivity (Wildman–Crippen MR) is 83.0 cm³/mol. The molecule has 0 spiro atoms. The Balaban J connectivity index is 1.99. The third kappa shape index (κ3) is 3.79. The van der Waals surface area contributed by atoms with Crippen LogP contribution in [0.5, 0.6) is 0 Å². The van der Waals surface area contributed by atoms with Crippen molar-refractivity contribution in [1.29, 1.82) is 0 Å². The second kappa shape index (κ2) is 5.91.